The lowest BCUT2D eigenvalue weighted by molar-refractivity contribution is 0.0502. The molecular formula is C10H19O3PS2. The largest absolute Gasteiger partial charge is 0.394 e. The van der Waals surface area contributed by atoms with Crippen LogP contribution in [0.25, 0.3) is 0 Å². The van der Waals surface area contributed by atoms with E-state index in [9.17, 15) is 4.57 Å². The second kappa shape index (κ2) is 4.69. The van der Waals surface area contributed by atoms with E-state index in [1.165, 1.54) is 0 Å². The lowest BCUT2D eigenvalue weighted by Crippen LogP contribution is -2.29. The highest BCUT2D eigenvalue weighted by molar-refractivity contribution is 8.65. The summed E-state index contributed by atoms with van der Waals surface area (Å²) in [6.07, 6.45) is 0. The van der Waals surface area contributed by atoms with Gasteiger partial charge in [-0.15, -0.1) is 0 Å². The van der Waals surface area contributed by atoms with Crippen LogP contribution in [-0.2, 0) is 13.6 Å². The van der Waals surface area contributed by atoms with Gasteiger partial charge in [-0.25, -0.2) is 4.57 Å². The van der Waals surface area contributed by atoms with E-state index in [4.69, 9.17) is 21.3 Å². The van der Waals surface area contributed by atoms with Crippen molar-refractivity contribution in [1.29, 1.82) is 0 Å². The number of hydrogen-bond acceptors (Lipinski definition) is 5. The van der Waals surface area contributed by atoms with Crippen molar-refractivity contribution in [2.75, 3.05) is 13.2 Å². The Hall–Kier alpha value is 0.590. The zero-order valence-electron chi connectivity index (χ0n) is 10.4. The third-order valence-electron chi connectivity index (χ3n) is 2.03. The first kappa shape index (κ1) is 14.7. The molecule has 0 aliphatic carbocycles. The second-order valence-corrected chi connectivity index (χ2v) is 10.3. The van der Waals surface area contributed by atoms with E-state index in [2.05, 4.69) is 0 Å². The molecule has 6 heteroatoms. The predicted octanol–water partition coefficient (Wildman–Crippen LogP) is 4.27. The highest BCUT2D eigenvalue weighted by Gasteiger charge is 2.39. The van der Waals surface area contributed by atoms with Gasteiger partial charge in [0.05, 0.1) is 17.4 Å². The lowest BCUT2D eigenvalue weighted by atomic mass is 9.97. The fourth-order valence-electron chi connectivity index (χ4n) is 0.878. The maximum atomic E-state index is 12.2. The molecule has 1 aliphatic rings. The standard InChI is InChI=1S/C10H19O3PS2/c1-9(2,3)8(15)16-14(11)12-6-10(4,5)7-13-14/h6-7H2,1-5H3. The molecule has 0 aromatic rings. The summed E-state index contributed by atoms with van der Waals surface area (Å²) in [6.45, 7) is 7.83. The maximum absolute atomic E-state index is 12.2. The van der Waals surface area contributed by atoms with Crippen LogP contribution in [0.4, 0.5) is 0 Å². The first-order valence-corrected chi connectivity index (χ1v) is 8.55. The third-order valence-corrected chi connectivity index (χ3v) is 7.01. The Balaban J connectivity index is 2.63. The Labute approximate surface area is 107 Å². The fourth-order valence-corrected chi connectivity index (χ4v) is 5.43. The van der Waals surface area contributed by atoms with Gasteiger partial charge < -0.3 is 0 Å². The van der Waals surface area contributed by atoms with Crippen molar-refractivity contribution >= 4 is 34.6 Å². The molecule has 94 valence electrons. The van der Waals surface area contributed by atoms with Gasteiger partial charge in [-0.05, 0) is 0 Å². The molecule has 0 saturated carbocycles. The Kier molecular flexibility index (Phi) is 4.30. The van der Waals surface area contributed by atoms with Crippen molar-refractivity contribution in [3.63, 3.8) is 0 Å². The normalized spacial score (nSPS) is 24.1. The van der Waals surface area contributed by atoms with E-state index in [1.54, 1.807) is 0 Å². The Morgan fingerprint density at radius 3 is 2.12 bits per heavy atom. The topological polar surface area (TPSA) is 35.5 Å². The summed E-state index contributed by atoms with van der Waals surface area (Å²) in [5.41, 5.74) is -0.241. The van der Waals surface area contributed by atoms with Gasteiger partial charge in [0.2, 0.25) is 0 Å². The van der Waals surface area contributed by atoms with Crippen LogP contribution in [0.3, 0.4) is 0 Å². The van der Waals surface area contributed by atoms with Crippen molar-refractivity contribution < 1.29 is 13.6 Å². The van der Waals surface area contributed by atoms with Gasteiger partial charge in [0, 0.05) is 22.2 Å². The summed E-state index contributed by atoms with van der Waals surface area (Å²) < 4.78 is 23.6. The minimum atomic E-state index is -3.07. The van der Waals surface area contributed by atoms with Gasteiger partial charge in [-0.1, -0.05) is 46.8 Å². The molecule has 0 bridgehead atoms. The van der Waals surface area contributed by atoms with Crippen LogP contribution in [0.2, 0.25) is 0 Å². The molecule has 0 atom stereocenters. The van der Waals surface area contributed by atoms with E-state index in [-0.39, 0.29) is 10.8 Å². The Morgan fingerprint density at radius 2 is 1.75 bits per heavy atom. The van der Waals surface area contributed by atoms with Crippen LogP contribution in [-0.4, -0.2) is 17.4 Å². The molecule has 1 heterocycles. The number of hydrogen-bond donors (Lipinski definition) is 0. The van der Waals surface area contributed by atoms with E-state index in [1.807, 2.05) is 34.6 Å². The monoisotopic (exact) mass is 282 g/mol. The van der Waals surface area contributed by atoms with Crippen molar-refractivity contribution in [2.24, 2.45) is 10.8 Å². The van der Waals surface area contributed by atoms with Crippen LogP contribution in [0.5, 0.6) is 0 Å². The van der Waals surface area contributed by atoms with Gasteiger partial charge in [0.15, 0.2) is 0 Å². The van der Waals surface area contributed by atoms with Gasteiger partial charge in [-0.2, -0.15) is 0 Å². The van der Waals surface area contributed by atoms with E-state index in [0.717, 1.165) is 11.4 Å². The Morgan fingerprint density at radius 1 is 1.31 bits per heavy atom. The van der Waals surface area contributed by atoms with Gasteiger partial charge in [-0.3, -0.25) is 9.05 Å². The molecule has 3 nitrogen and oxygen atoms in total. The van der Waals surface area contributed by atoms with E-state index in [0.29, 0.717) is 17.4 Å². The minimum Gasteiger partial charge on any atom is -0.300 e. The molecular weight excluding hydrogens is 263 g/mol. The SMILES string of the molecule is CC1(C)COP(=O)(SC(=S)C(C)(C)C)OC1. The Bertz CT molecular complexity index is 319. The summed E-state index contributed by atoms with van der Waals surface area (Å²) >= 11 is 6.31. The number of thiocarbonyl (C=S) groups is 1. The zero-order valence-corrected chi connectivity index (χ0v) is 12.9. The van der Waals surface area contributed by atoms with Crippen LogP contribution < -0.4 is 0 Å². The number of rotatable bonds is 1. The quantitative estimate of drug-likeness (QED) is 0.530. The minimum absolute atomic E-state index is 0.0716. The van der Waals surface area contributed by atoms with Crippen molar-refractivity contribution in [1.82, 2.24) is 0 Å². The van der Waals surface area contributed by atoms with Crippen molar-refractivity contribution in [3.05, 3.63) is 0 Å². The summed E-state index contributed by atoms with van der Waals surface area (Å²) in [4.78, 5) is 0. The summed E-state index contributed by atoms with van der Waals surface area (Å²) in [7, 11) is 0. The molecule has 0 amide bonds. The van der Waals surface area contributed by atoms with Gasteiger partial charge >= 0.3 is 6.80 Å². The van der Waals surface area contributed by atoms with Crippen LogP contribution >= 0.6 is 30.4 Å². The van der Waals surface area contributed by atoms with E-state index >= 15 is 0 Å². The highest BCUT2D eigenvalue weighted by Crippen LogP contribution is 2.65. The summed E-state index contributed by atoms with van der Waals surface area (Å²) in [6, 6.07) is 0. The molecule has 0 unspecified atom stereocenters. The van der Waals surface area contributed by atoms with Gasteiger partial charge in [0.1, 0.15) is 0 Å². The van der Waals surface area contributed by atoms with Crippen LogP contribution in [0.15, 0.2) is 0 Å². The lowest BCUT2D eigenvalue weighted by Gasteiger charge is -2.34. The molecule has 0 aromatic carbocycles. The molecule has 1 saturated heterocycles. The highest BCUT2D eigenvalue weighted by atomic mass is 32.7. The maximum Gasteiger partial charge on any atom is 0.394 e. The molecule has 1 rings (SSSR count). The molecule has 16 heavy (non-hydrogen) atoms. The van der Waals surface area contributed by atoms with Crippen molar-refractivity contribution in [2.45, 2.75) is 34.6 Å². The van der Waals surface area contributed by atoms with Crippen molar-refractivity contribution in [3.8, 4) is 0 Å². The molecule has 0 aromatic heterocycles. The third kappa shape index (κ3) is 4.11. The smallest absolute Gasteiger partial charge is 0.300 e. The molecule has 0 spiro atoms. The molecule has 0 N–H and O–H groups in total. The molecule has 1 fully saturated rings. The molecule has 0 radical (unpaired) electrons. The predicted molar refractivity (Wildman–Crippen MR) is 72.9 cm³/mol. The summed E-state index contributed by atoms with van der Waals surface area (Å²) in [5.74, 6) is 0. The van der Waals surface area contributed by atoms with E-state index < -0.39 is 6.80 Å². The zero-order chi connectivity index (χ0) is 12.6. The van der Waals surface area contributed by atoms with Crippen LogP contribution in [0, 0.1) is 10.8 Å². The first-order valence-electron chi connectivity index (χ1n) is 5.17. The average molecular weight is 282 g/mol. The summed E-state index contributed by atoms with van der Waals surface area (Å²) in [5, 5.41) is 0. The first-order chi connectivity index (χ1) is 7.04. The van der Waals surface area contributed by atoms with Gasteiger partial charge in [0.25, 0.3) is 0 Å². The second-order valence-electron chi connectivity index (χ2n) is 5.79. The molecule has 1 aliphatic heterocycles. The fraction of sp³-hybridized carbons (Fsp3) is 0.900. The van der Waals surface area contributed by atoms with Crippen LogP contribution in [0.1, 0.15) is 34.6 Å². The average Bonchev–Trinajstić information content (AvgIpc) is 2.10.